The number of ether oxygens (including phenoxy) is 3. The van der Waals surface area contributed by atoms with E-state index in [1.165, 1.54) is 11.8 Å². The number of amidine groups is 1. The van der Waals surface area contributed by atoms with Gasteiger partial charge in [0.2, 0.25) is 5.91 Å². The molecular weight excluding hydrogens is 416 g/mol. The second kappa shape index (κ2) is 8.85. The van der Waals surface area contributed by atoms with Crippen LogP contribution in [0.4, 0.5) is 0 Å². The molecule has 0 aromatic heterocycles. The van der Waals surface area contributed by atoms with Crippen LogP contribution in [-0.2, 0) is 14.3 Å². The molecular formula is C23H22N2O5S. The number of esters is 1. The fraction of sp³-hybridized carbons (Fsp3) is 0.261. The molecule has 0 saturated carbocycles. The Hall–Kier alpha value is -3.26. The van der Waals surface area contributed by atoms with Crippen LogP contribution in [-0.4, -0.2) is 48.5 Å². The van der Waals surface area contributed by atoms with Gasteiger partial charge in [0.25, 0.3) is 0 Å². The predicted octanol–water partition coefficient (Wildman–Crippen LogP) is 3.66. The molecule has 8 heteroatoms. The first-order valence-electron chi connectivity index (χ1n) is 9.81. The number of carbonyl (C=O) groups excluding carboxylic acids is 2. The zero-order valence-corrected chi connectivity index (χ0v) is 18.3. The lowest BCUT2D eigenvalue weighted by Crippen LogP contribution is -2.39. The zero-order valence-electron chi connectivity index (χ0n) is 17.5. The average molecular weight is 439 g/mol. The number of nitrogens with zero attached hydrogens (tertiary/aromatic N) is 2. The monoisotopic (exact) mass is 438 g/mol. The number of benzene rings is 2. The highest BCUT2D eigenvalue weighted by atomic mass is 32.2. The van der Waals surface area contributed by atoms with Crippen molar-refractivity contribution < 1.29 is 23.8 Å². The Balaban J connectivity index is 1.99. The van der Waals surface area contributed by atoms with Gasteiger partial charge < -0.3 is 14.2 Å². The van der Waals surface area contributed by atoms with Crippen molar-refractivity contribution in [3.05, 3.63) is 65.2 Å². The Kier molecular flexibility index (Phi) is 5.99. The number of fused-ring (bicyclic) bond motifs is 1. The van der Waals surface area contributed by atoms with Gasteiger partial charge >= 0.3 is 5.97 Å². The van der Waals surface area contributed by atoms with Gasteiger partial charge in [0.1, 0.15) is 17.5 Å². The first kappa shape index (κ1) is 21.0. The lowest BCUT2D eigenvalue weighted by atomic mass is 9.91. The SMILES string of the molecule is CCOC(=O)C1=C(c2ccccc2)N=C2SCC(=O)N2C1c1ccc(OC)cc1OC. The van der Waals surface area contributed by atoms with Gasteiger partial charge in [-0.25, -0.2) is 9.79 Å². The molecule has 2 aliphatic rings. The summed E-state index contributed by atoms with van der Waals surface area (Å²) in [6, 6.07) is 14.0. The summed E-state index contributed by atoms with van der Waals surface area (Å²) < 4.78 is 16.3. The molecule has 1 amide bonds. The summed E-state index contributed by atoms with van der Waals surface area (Å²) in [4.78, 5) is 32.4. The van der Waals surface area contributed by atoms with Gasteiger partial charge in [-0.1, -0.05) is 42.1 Å². The topological polar surface area (TPSA) is 77.4 Å². The molecule has 4 rings (SSSR count). The van der Waals surface area contributed by atoms with Gasteiger partial charge in [0.05, 0.1) is 37.8 Å². The van der Waals surface area contributed by atoms with Gasteiger partial charge in [-0.3, -0.25) is 9.69 Å². The molecule has 0 N–H and O–H groups in total. The fourth-order valence-electron chi connectivity index (χ4n) is 3.70. The van der Waals surface area contributed by atoms with E-state index < -0.39 is 12.0 Å². The molecule has 0 radical (unpaired) electrons. The smallest absolute Gasteiger partial charge is 0.338 e. The molecule has 2 aliphatic heterocycles. The molecule has 160 valence electrons. The molecule has 7 nitrogen and oxygen atoms in total. The van der Waals surface area contributed by atoms with E-state index in [1.54, 1.807) is 38.2 Å². The number of thioether (sulfide) groups is 1. The van der Waals surface area contributed by atoms with E-state index in [-0.39, 0.29) is 18.3 Å². The second-order valence-electron chi connectivity index (χ2n) is 6.81. The van der Waals surface area contributed by atoms with Crippen molar-refractivity contribution >= 4 is 34.5 Å². The van der Waals surface area contributed by atoms with Crippen molar-refractivity contribution in [2.75, 3.05) is 26.6 Å². The number of methoxy groups -OCH3 is 2. The quantitative estimate of drug-likeness (QED) is 0.641. The Morgan fingerprint density at radius 3 is 2.61 bits per heavy atom. The average Bonchev–Trinajstić information content (AvgIpc) is 3.18. The normalized spacial score (nSPS) is 17.9. The molecule has 0 bridgehead atoms. The zero-order chi connectivity index (χ0) is 22.0. The van der Waals surface area contributed by atoms with Crippen molar-refractivity contribution in [2.45, 2.75) is 13.0 Å². The highest BCUT2D eigenvalue weighted by Crippen LogP contribution is 2.46. The van der Waals surface area contributed by atoms with Crippen molar-refractivity contribution in [3.63, 3.8) is 0 Å². The minimum Gasteiger partial charge on any atom is -0.497 e. The van der Waals surface area contributed by atoms with Crippen LogP contribution in [0.1, 0.15) is 24.1 Å². The van der Waals surface area contributed by atoms with Gasteiger partial charge in [-0.2, -0.15) is 0 Å². The molecule has 2 aromatic carbocycles. The molecule has 31 heavy (non-hydrogen) atoms. The first-order chi connectivity index (χ1) is 15.1. The van der Waals surface area contributed by atoms with Gasteiger partial charge in [-0.05, 0) is 19.1 Å². The van der Waals surface area contributed by atoms with E-state index in [0.717, 1.165) is 5.56 Å². The highest BCUT2D eigenvalue weighted by Gasteiger charge is 2.45. The minimum absolute atomic E-state index is 0.125. The Morgan fingerprint density at radius 1 is 1.16 bits per heavy atom. The second-order valence-corrected chi connectivity index (χ2v) is 7.75. The number of aliphatic imine (C=N–C) groups is 1. The van der Waals surface area contributed by atoms with E-state index >= 15 is 0 Å². The summed E-state index contributed by atoms with van der Waals surface area (Å²) in [6.07, 6.45) is 0. The summed E-state index contributed by atoms with van der Waals surface area (Å²) in [7, 11) is 3.11. The summed E-state index contributed by atoms with van der Waals surface area (Å²) in [5, 5.41) is 0.555. The third kappa shape index (κ3) is 3.79. The van der Waals surface area contributed by atoms with E-state index in [4.69, 9.17) is 19.2 Å². The molecule has 1 fully saturated rings. The Morgan fingerprint density at radius 2 is 1.94 bits per heavy atom. The van der Waals surface area contributed by atoms with Crippen molar-refractivity contribution in [2.24, 2.45) is 4.99 Å². The molecule has 2 heterocycles. The number of hydrogen-bond acceptors (Lipinski definition) is 7. The van der Waals surface area contributed by atoms with Crippen molar-refractivity contribution in [3.8, 4) is 11.5 Å². The molecule has 1 unspecified atom stereocenters. The van der Waals surface area contributed by atoms with Crippen LogP contribution in [0.5, 0.6) is 11.5 Å². The van der Waals surface area contributed by atoms with Gasteiger partial charge in [0, 0.05) is 17.2 Å². The largest absolute Gasteiger partial charge is 0.497 e. The van der Waals surface area contributed by atoms with Crippen LogP contribution >= 0.6 is 11.8 Å². The summed E-state index contributed by atoms with van der Waals surface area (Å²) >= 11 is 1.35. The van der Waals surface area contributed by atoms with Crippen LogP contribution in [0.25, 0.3) is 5.70 Å². The number of rotatable bonds is 6. The minimum atomic E-state index is -0.731. The van der Waals surface area contributed by atoms with E-state index in [1.807, 2.05) is 36.4 Å². The predicted molar refractivity (Wildman–Crippen MR) is 119 cm³/mol. The van der Waals surface area contributed by atoms with Crippen LogP contribution in [0.2, 0.25) is 0 Å². The molecule has 1 saturated heterocycles. The lowest BCUT2D eigenvalue weighted by molar-refractivity contribution is -0.139. The van der Waals surface area contributed by atoms with Crippen LogP contribution in [0.3, 0.4) is 0 Å². The maximum Gasteiger partial charge on any atom is 0.338 e. The van der Waals surface area contributed by atoms with Crippen molar-refractivity contribution in [1.82, 2.24) is 4.90 Å². The molecule has 0 spiro atoms. The Labute approximate surface area is 184 Å². The first-order valence-corrected chi connectivity index (χ1v) is 10.8. The standard InChI is InChI=1S/C23H22N2O5S/c1-4-30-22(27)19-20(14-8-6-5-7-9-14)24-23-25(18(26)13-31-23)21(19)16-11-10-15(28-2)12-17(16)29-3/h5-12,21H,4,13H2,1-3H3. The van der Waals surface area contributed by atoms with Crippen LogP contribution in [0, 0.1) is 0 Å². The third-order valence-electron chi connectivity index (χ3n) is 5.07. The molecule has 2 aromatic rings. The maximum atomic E-state index is 13.2. The van der Waals surface area contributed by atoms with Gasteiger partial charge in [-0.15, -0.1) is 0 Å². The highest BCUT2D eigenvalue weighted by molar-refractivity contribution is 8.15. The van der Waals surface area contributed by atoms with E-state index in [0.29, 0.717) is 33.5 Å². The van der Waals surface area contributed by atoms with Crippen LogP contribution < -0.4 is 9.47 Å². The number of amides is 1. The van der Waals surface area contributed by atoms with E-state index in [9.17, 15) is 9.59 Å². The number of hydrogen-bond donors (Lipinski definition) is 0. The van der Waals surface area contributed by atoms with Gasteiger partial charge in [0.15, 0.2) is 5.17 Å². The summed E-state index contributed by atoms with van der Waals surface area (Å²) in [5.41, 5.74) is 2.23. The van der Waals surface area contributed by atoms with Crippen molar-refractivity contribution in [1.29, 1.82) is 0 Å². The third-order valence-corrected chi connectivity index (χ3v) is 6.01. The lowest BCUT2D eigenvalue weighted by Gasteiger charge is -2.34. The maximum absolute atomic E-state index is 13.2. The van der Waals surface area contributed by atoms with Crippen LogP contribution in [0.15, 0.2) is 59.1 Å². The molecule has 1 atom stereocenters. The Bertz CT molecular complexity index is 1080. The fourth-order valence-corrected chi connectivity index (χ4v) is 4.59. The summed E-state index contributed by atoms with van der Waals surface area (Å²) in [5.74, 6) is 0.727. The molecule has 0 aliphatic carbocycles. The summed E-state index contributed by atoms with van der Waals surface area (Å²) in [6.45, 7) is 1.95. The number of carbonyl (C=O) groups is 2. The van der Waals surface area contributed by atoms with E-state index in [2.05, 4.69) is 0 Å².